The zero-order valence-corrected chi connectivity index (χ0v) is 30.4. The molecule has 1 aliphatic heterocycles. The Kier molecular flexibility index (Phi) is 12.9. The molecule has 10 nitrogen and oxygen atoms in total. The third-order valence-electron chi connectivity index (χ3n) is 9.95. The highest BCUT2D eigenvalue weighted by Gasteiger charge is 2.49. The molecule has 2 aliphatic rings. The largest absolute Gasteiger partial charge is 0.488 e. The molecule has 5 rings (SSSR count). The normalized spacial score (nSPS) is 20.2. The summed E-state index contributed by atoms with van der Waals surface area (Å²) in [5.41, 5.74) is 1.75. The lowest BCUT2D eigenvalue weighted by molar-refractivity contribution is -0.0926. The van der Waals surface area contributed by atoms with Crippen LogP contribution in [0.1, 0.15) is 55.9 Å². The number of nitrogens with zero attached hydrogens (tertiary/aromatic N) is 3. The first kappa shape index (κ1) is 38.4. The second kappa shape index (κ2) is 17.2. The number of benzene rings is 2. The number of hydrogen-bond acceptors (Lipinski definition) is 10. The van der Waals surface area contributed by atoms with E-state index in [2.05, 4.69) is 59.4 Å². The highest BCUT2D eigenvalue weighted by Crippen LogP contribution is 2.49. The maximum Gasteiger partial charge on any atom is 0.141 e. The molecule has 2 atom stereocenters. The van der Waals surface area contributed by atoms with Gasteiger partial charge in [0.05, 0.1) is 35.4 Å². The van der Waals surface area contributed by atoms with Gasteiger partial charge in [-0.25, -0.2) is 0 Å². The van der Waals surface area contributed by atoms with Gasteiger partial charge < -0.3 is 39.7 Å². The van der Waals surface area contributed by atoms with E-state index in [-0.39, 0.29) is 39.1 Å². The molecule has 0 bridgehead atoms. The van der Waals surface area contributed by atoms with Gasteiger partial charge in [-0.05, 0) is 49.1 Å². The average Bonchev–Trinajstić information content (AvgIpc) is 3.57. The second-order valence-corrected chi connectivity index (χ2v) is 14.6. The Bertz CT molecular complexity index is 1720. The van der Waals surface area contributed by atoms with Crippen molar-refractivity contribution >= 4 is 17.2 Å². The van der Waals surface area contributed by atoms with Gasteiger partial charge in [0.25, 0.3) is 0 Å². The van der Waals surface area contributed by atoms with Crippen molar-refractivity contribution in [3.8, 4) is 17.6 Å². The van der Waals surface area contributed by atoms with Gasteiger partial charge in [0.15, 0.2) is 0 Å². The molecule has 2 heterocycles. The molecule has 1 unspecified atom stereocenters. The van der Waals surface area contributed by atoms with Crippen LogP contribution in [0.2, 0.25) is 5.02 Å². The van der Waals surface area contributed by atoms with E-state index in [1.165, 1.54) is 6.20 Å². The van der Waals surface area contributed by atoms with Crippen molar-refractivity contribution in [3.63, 3.8) is 0 Å². The maximum absolute atomic E-state index is 9.98. The summed E-state index contributed by atoms with van der Waals surface area (Å²) in [5.74, 6) is 0.883. The lowest BCUT2D eigenvalue weighted by atomic mass is 9.65. The number of allylic oxidation sites excluding steroid dienone is 2. The van der Waals surface area contributed by atoms with Crippen molar-refractivity contribution in [1.29, 1.82) is 5.26 Å². The fraction of sp³-hybridized carbons (Fsp3) is 0.450. The molecule has 2 aromatic carbocycles. The maximum atomic E-state index is 9.98. The van der Waals surface area contributed by atoms with E-state index in [1.807, 2.05) is 24.3 Å². The Morgan fingerprint density at radius 1 is 1.10 bits per heavy atom. The van der Waals surface area contributed by atoms with Crippen LogP contribution in [0, 0.1) is 16.7 Å². The molecular weight excluding hydrogens is 668 g/mol. The Hall–Kier alpha value is -3.79. The van der Waals surface area contributed by atoms with E-state index in [0.717, 1.165) is 37.1 Å². The number of pyridine rings is 1. The van der Waals surface area contributed by atoms with Gasteiger partial charge >= 0.3 is 0 Å². The van der Waals surface area contributed by atoms with E-state index >= 15 is 0 Å². The first-order valence-corrected chi connectivity index (χ1v) is 17.8. The first-order valence-electron chi connectivity index (χ1n) is 17.4. The van der Waals surface area contributed by atoms with Crippen LogP contribution in [-0.2, 0) is 17.9 Å². The highest BCUT2D eigenvalue weighted by atomic mass is 35.5. The van der Waals surface area contributed by atoms with Crippen LogP contribution in [0.25, 0.3) is 5.57 Å². The van der Waals surface area contributed by atoms with Crippen molar-refractivity contribution in [1.82, 2.24) is 15.2 Å². The van der Waals surface area contributed by atoms with Crippen LogP contribution >= 0.6 is 11.6 Å². The first-order chi connectivity index (χ1) is 24.5. The number of hydrogen-bond donors (Lipinski definition) is 4. The number of aliphatic hydroxyl groups is 3. The van der Waals surface area contributed by atoms with Crippen LogP contribution in [0.5, 0.6) is 11.5 Å². The third-order valence-corrected chi connectivity index (χ3v) is 10.2. The van der Waals surface area contributed by atoms with E-state index in [0.29, 0.717) is 46.4 Å². The van der Waals surface area contributed by atoms with Gasteiger partial charge in [-0.2, -0.15) is 5.26 Å². The zero-order valence-electron chi connectivity index (χ0n) is 29.6. The fourth-order valence-corrected chi connectivity index (χ4v) is 6.72. The quantitative estimate of drug-likeness (QED) is 0.136. The lowest BCUT2D eigenvalue weighted by Gasteiger charge is -2.47. The SMILES string of the molecule is CC(CO)(CO)NCc1cc(Cl)c(OC[C@@]2(OCCCN3CCC(O)C3)C=CC=C(c3ccccc3)C2(C)C)cc1OCc1cncc(C#N)c1. The summed E-state index contributed by atoms with van der Waals surface area (Å²) in [7, 11) is 0. The minimum atomic E-state index is -0.925. The number of nitrogens with one attached hydrogen (secondary N) is 1. The van der Waals surface area contributed by atoms with E-state index in [1.54, 1.807) is 31.3 Å². The molecule has 0 saturated carbocycles. The summed E-state index contributed by atoms with van der Waals surface area (Å²) in [6.45, 7) is 8.94. The predicted octanol–water partition coefficient (Wildman–Crippen LogP) is 5.29. The van der Waals surface area contributed by atoms with Gasteiger partial charge in [0.2, 0.25) is 0 Å². The molecule has 1 saturated heterocycles. The van der Waals surface area contributed by atoms with Gasteiger partial charge in [-0.15, -0.1) is 0 Å². The van der Waals surface area contributed by atoms with Crippen molar-refractivity contribution in [2.75, 3.05) is 46.1 Å². The van der Waals surface area contributed by atoms with Crippen LogP contribution in [0.3, 0.4) is 0 Å². The summed E-state index contributed by atoms with van der Waals surface area (Å²) < 4.78 is 19.8. The van der Waals surface area contributed by atoms with Crippen LogP contribution in [0.4, 0.5) is 0 Å². The molecular formula is C40H49ClN4O6. The standard InChI is InChI=1S/C40H49ClN4O6/c1-38(2)34(31-9-5-4-6-10-31)11-7-13-40(38,51-16-8-14-45-15-12-33(48)24-45)28-50-37-19-36(49-25-30-17-29(20-42)21-43-22-30)32(18-35(37)41)23-44-39(3,26-46)27-47/h4-7,9-11,13,17-19,21-22,33,44,46-48H,8,12,14-16,23-28H2,1-3H3/t33?,40-/m0/s1. The van der Waals surface area contributed by atoms with E-state index in [4.69, 9.17) is 25.8 Å². The van der Waals surface area contributed by atoms with Crippen molar-refractivity contribution in [3.05, 3.63) is 106 Å². The summed E-state index contributed by atoms with van der Waals surface area (Å²) in [6.07, 6.45) is 10.7. The molecule has 0 radical (unpaired) electrons. The van der Waals surface area contributed by atoms with Gasteiger partial charge in [0.1, 0.15) is 36.4 Å². The number of ether oxygens (including phenoxy) is 3. The molecule has 0 amide bonds. The summed E-state index contributed by atoms with van der Waals surface area (Å²) >= 11 is 6.90. The minimum Gasteiger partial charge on any atom is -0.488 e. The Morgan fingerprint density at radius 3 is 2.59 bits per heavy atom. The number of rotatable bonds is 17. The van der Waals surface area contributed by atoms with Crippen molar-refractivity contribution in [2.45, 2.75) is 64.0 Å². The van der Waals surface area contributed by atoms with E-state index in [9.17, 15) is 20.6 Å². The van der Waals surface area contributed by atoms with Crippen LogP contribution in [-0.4, -0.2) is 88.5 Å². The number of nitriles is 1. The van der Waals surface area contributed by atoms with E-state index < -0.39 is 16.6 Å². The molecule has 1 aliphatic carbocycles. The zero-order chi connectivity index (χ0) is 36.5. The number of likely N-dealkylation sites (tertiary alicyclic amines) is 1. The Balaban J connectivity index is 1.41. The molecule has 51 heavy (non-hydrogen) atoms. The van der Waals surface area contributed by atoms with Crippen LogP contribution < -0.4 is 14.8 Å². The summed E-state index contributed by atoms with van der Waals surface area (Å²) in [6, 6.07) is 17.6. The topological polar surface area (TPSA) is 140 Å². The minimum absolute atomic E-state index is 0.135. The molecule has 1 fully saturated rings. The monoisotopic (exact) mass is 716 g/mol. The number of aliphatic hydroxyl groups excluding tert-OH is 3. The number of β-amino-alcohol motifs (C(OH)–C–C–N with tert-alkyl or cyclic N) is 1. The number of halogens is 1. The highest BCUT2D eigenvalue weighted by molar-refractivity contribution is 6.32. The van der Waals surface area contributed by atoms with Crippen molar-refractivity contribution < 1.29 is 29.5 Å². The summed E-state index contributed by atoms with van der Waals surface area (Å²) in [4.78, 5) is 6.41. The number of aromatic nitrogens is 1. The predicted molar refractivity (Wildman–Crippen MR) is 197 cm³/mol. The average molecular weight is 717 g/mol. The molecule has 0 spiro atoms. The Morgan fingerprint density at radius 2 is 1.88 bits per heavy atom. The van der Waals surface area contributed by atoms with Gasteiger partial charge in [0, 0.05) is 67.8 Å². The fourth-order valence-electron chi connectivity index (χ4n) is 6.48. The van der Waals surface area contributed by atoms with Gasteiger partial charge in [-0.3, -0.25) is 4.98 Å². The van der Waals surface area contributed by atoms with Gasteiger partial charge in [-0.1, -0.05) is 67.9 Å². The van der Waals surface area contributed by atoms with Crippen molar-refractivity contribution in [2.24, 2.45) is 5.41 Å². The Labute approximate surface area is 305 Å². The third kappa shape index (κ3) is 9.36. The smallest absolute Gasteiger partial charge is 0.141 e. The summed E-state index contributed by atoms with van der Waals surface area (Å²) in [5, 5.41) is 42.6. The van der Waals surface area contributed by atoms with Crippen LogP contribution in [0.15, 0.2) is 79.2 Å². The second-order valence-electron chi connectivity index (χ2n) is 14.2. The molecule has 1 aromatic heterocycles. The molecule has 3 aromatic rings. The lowest BCUT2D eigenvalue weighted by Crippen LogP contribution is -2.52. The molecule has 272 valence electrons. The molecule has 11 heteroatoms. The molecule has 4 N–H and O–H groups in total.